The average Bonchev–Trinajstić information content (AvgIpc) is 2.97. The van der Waals surface area contributed by atoms with Crippen LogP contribution in [0, 0.1) is 0 Å². The summed E-state index contributed by atoms with van der Waals surface area (Å²) in [6.07, 6.45) is -3.64. The third kappa shape index (κ3) is 4.76. The van der Waals surface area contributed by atoms with Crippen molar-refractivity contribution >= 4 is 28.6 Å². The van der Waals surface area contributed by atoms with Crippen LogP contribution in [0.4, 0.5) is 23.7 Å². The summed E-state index contributed by atoms with van der Waals surface area (Å²) in [4.78, 5) is 28.8. The lowest BCUT2D eigenvalue weighted by atomic mass is 10.1. The first kappa shape index (κ1) is 20.0. The van der Waals surface area contributed by atoms with E-state index in [-0.39, 0.29) is 22.9 Å². The molecule has 148 valence electrons. The van der Waals surface area contributed by atoms with Crippen LogP contribution in [-0.2, 0) is 11.0 Å². The Bertz CT molecular complexity index is 689. The van der Waals surface area contributed by atoms with E-state index in [1.807, 2.05) is 4.90 Å². The van der Waals surface area contributed by atoms with Crippen molar-refractivity contribution in [3.63, 3.8) is 0 Å². The number of thioether (sulfide) groups is 1. The van der Waals surface area contributed by atoms with Gasteiger partial charge in [0.25, 0.3) is 5.24 Å². The number of imide groups is 1. The van der Waals surface area contributed by atoms with Crippen molar-refractivity contribution in [3.8, 4) is 0 Å². The minimum Gasteiger partial charge on any atom is -0.369 e. The molecule has 2 aliphatic heterocycles. The maximum Gasteiger partial charge on any atom is 0.416 e. The van der Waals surface area contributed by atoms with Crippen molar-refractivity contribution in [2.45, 2.75) is 25.6 Å². The number of nitrogens with zero attached hydrogens (tertiary/aromatic N) is 3. The van der Waals surface area contributed by atoms with Crippen molar-refractivity contribution in [2.24, 2.45) is 0 Å². The fraction of sp³-hybridized carbons (Fsp3) is 0.556. The maximum absolute atomic E-state index is 12.9. The van der Waals surface area contributed by atoms with Crippen LogP contribution in [0.2, 0.25) is 0 Å². The van der Waals surface area contributed by atoms with Gasteiger partial charge in [0.1, 0.15) is 0 Å². The van der Waals surface area contributed by atoms with Gasteiger partial charge >= 0.3 is 6.18 Å². The topological polar surface area (TPSA) is 43.9 Å². The minimum absolute atomic E-state index is 0.133. The van der Waals surface area contributed by atoms with Crippen LogP contribution in [0.1, 0.15) is 18.9 Å². The van der Waals surface area contributed by atoms with Crippen LogP contribution >= 0.6 is 11.8 Å². The molecule has 2 aliphatic rings. The third-order valence-corrected chi connectivity index (χ3v) is 5.95. The molecule has 2 heterocycles. The largest absolute Gasteiger partial charge is 0.416 e. The molecule has 27 heavy (non-hydrogen) atoms. The zero-order valence-electron chi connectivity index (χ0n) is 15.0. The number of halogens is 3. The first-order valence-electron chi connectivity index (χ1n) is 8.89. The normalized spacial score (nSPS) is 20.4. The standard InChI is InChI=1S/C18H22F3N3O2S/c1-13(5-6-24-16(25)12-27-17(24)26)22-7-9-23(10-8-22)15-4-2-3-14(11-15)18(19,20)21/h2-4,11,13H,5-10,12H2,1H3. The van der Waals surface area contributed by atoms with E-state index in [9.17, 15) is 22.8 Å². The summed E-state index contributed by atoms with van der Waals surface area (Å²) < 4.78 is 38.7. The zero-order chi connectivity index (χ0) is 19.6. The molecule has 0 spiro atoms. The summed E-state index contributed by atoms with van der Waals surface area (Å²) in [5.41, 5.74) is -0.0453. The molecule has 1 atom stereocenters. The minimum atomic E-state index is -4.34. The number of hydrogen-bond donors (Lipinski definition) is 0. The third-order valence-electron chi connectivity index (χ3n) is 5.09. The highest BCUT2D eigenvalue weighted by Gasteiger charge is 2.32. The van der Waals surface area contributed by atoms with E-state index >= 15 is 0 Å². The van der Waals surface area contributed by atoms with Gasteiger partial charge in [-0.2, -0.15) is 13.2 Å². The van der Waals surface area contributed by atoms with Gasteiger partial charge in [0.2, 0.25) is 5.91 Å². The van der Waals surface area contributed by atoms with Crippen LogP contribution in [0.15, 0.2) is 24.3 Å². The first-order chi connectivity index (χ1) is 12.8. The summed E-state index contributed by atoms with van der Waals surface area (Å²) in [6.45, 7) is 5.21. The van der Waals surface area contributed by atoms with Crippen molar-refractivity contribution in [1.29, 1.82) is 0 Å². The summed E-state index contributed by atoms with van der Waals surface area (Å²) in [6, 6.07) is 5.62. The highest BCUT2D eigenvalue weighted by Crippen LogP contribution is 2.32. The molecule has 0 aliphatic carbocycles. The molecule has 0 bridgehead atoms. The average molecular weight is 401 g/mol. The first-order valence-corrected chi connectivity index (χ1v) is 9.87. The van der Waals surface area contributed by atoms with Crippen LogP contribution in [0.25, 0.3) is 0 Å². The summed E-state index contributed by atoms with van der Waals surface area (Å²) in [5.74, 6) is 0.0923. The van der Waals surface area contributed by atoms with Gasteiger partial charge in [0.15, 0.2) is 0 Å². The Balaban J connectivity index is 1.51. The van der Waals surface area contributed by atoms with Crippen molar-refractivity contribution in [2.75, 3.05) is 43.4 Å². The SMILES string of the molecule is CC(CCN1C(=O)CSC1=O)N1CCN(c2cccc(C(F)(F)F)c2)CC1. The molecule has 5 nitrogen and oxygen atoms in total. The van der Waals surface area contributed by atoms with Gasteiger partial charge in [0.05, 0.1) is 11.3 Å². The zero-order valence-corrected chi connectivity index (χ0v) is 15.9. The second-order valence-electron chi connectivity index (χ2n) is 6.81. The van der Waals surface area contributed by atoms with E-state index in [1.54, 1.807) is 6.07 Å². The van der Waals surface area contributed by atoms with Crippen LogP contribution in [0.5, 0.6) is 0 Å². The number of rotatable bonds is 5. The molecule has 2 amide bonds. The molecule has 3 rings (SSSR count). The maximum atomic E-state index is 12.9. The molecule has 0 radical (unpaired) electrons. The van der Waals surface area contributed by atoms with Crippen molar-refractivity contribution < 1.29 is 22.8 Å². The quantitative estimate of drug-likeness (QED) is 0.758. The second kappa shape index (κ2) is 8.10. The van der Waals surface area contributed by atoms with E-state index < -0.39 is 11.7 Å². The molecule has 0 saturated carbocycles. The lowest BCUT2D eigenvalue weighted by Gasteiger charge is -2.39. The van der Waals surface area contributed by atoms with Crippen LogP contribution < -0.4 is 4.90 Å². The van der Waals surface area contributed by atoms with Gasteiger partial charge in [-0.25, -0.2) is 0 Å². The number of amides is 2. The lowest BCUT2D eigenvalue weighted by molar-refractivity contribution is -0.137. The molecule has 1 aromatic rings. The van der Waals surface area contributed by atoms with Gasteiger partial charge in [-0.1, -0.05) is 17.8 Å². The molecule has 2 saturated heterocycles. The van der Waals surface area contributed by atoms with E-state index in [0.29, 0.717) is 31.7 Å². The predicted octanol–water partition coefficient (Wildman–Crippen LogP) is 3.30. The Morgan fingerprint density at radius 3 is 2.44 bits per heavy atom. The number of carbonyl (C=O) groups is 2. The smallest absolute Gasteiger partial charge is 0.369 e. The van der Waals surface area contributed by atoms with E-state index in [0.717, 1.165) is 30.9 Å². The fourth-order valence-corrected chi connectivity index (χ4v) is 4.15. The monoisotopic (exact) mass is 401 g/mol. The number of alkyl halides is 3. The lowest BCUT2D eigenvalue weighted by Crippen LogP contribution is -2.50. The van der Waals surface area contributed by atoms with E-state index in [4.69, 9.17) is 0 Å². The number of piperazine rings is 1. The Labute approximate surface area is 160 Å². The van der Waals surface area contributed by atoms with Crippen molar-refractivity contribution in [3.05, 3.63) is 29.8 Å². The number of carbonyl (C=O) groups excluding carboxylic acids is 2. The van der Waals surface area contributed by atoms with Gasteiger partial charge in [0, 0.05) is 44.5 Å². The fourth-order valence-electron chi connectivity index (χ4n) is 3.40. The molecular weight excluding hydrogens is 379 g/mol. The summed E-state index contributed by atoms with van der Waals surface area (Å²) >= 11 is 1.04. The molecule has 2 fully saturated rings. The molecule has 1 unspecified atom stereocenters. The van der Waals surface area contributed by atoms with Gasteiger partial charge < -0.3 is 4.90 Å². The molecule has 9 heteroatoms. The van der Waals surface area contributed by atoms with Crippen molar-refractivity contribution in [1.82, 2.24) is 9.80 Å². The van der Waals surface area contributed by atoms with Gasteiger partial charge in [-0.15, -0.1) is 0 Å². The highest BCUT2D eigenvalue weighted by atomic mass is 32.2. The number of anilines is 1. The van der Waals surface area contributed by atoms with Crippen LogP contribution in [-0.4, -0.2) is 65.5 Å². The van der Waals surface area contributed by atoms with E-state index in [2.05, 4.69) is 11.8 Å². The molecule has 0 aromatic heterocycles. The highest BCUT2D eigenvalue weighted by molar-refractivity contribution is 8.14. The Kier molecular flexibility index (Phi) is 6.00. The number of hydrogen-bond acceptors (Lipinski definition) is 5. The Morgan fingerprint density at radius 2 is 1.85 bits per heavy atom. The Hall–Kier alpha value is -1.74. The molecule has 1 aromatic carbocycles. The van der Waals surface area contributed by atoms with Gasteiger partial charge in [-0.05, 0) is 31.5 Å². The van der Waals surface area contributed by atoms with Gasteiger partial charge in [-0.3, -0.25) is 19.4 Å². The summed E-state index contributed by atoms with van der Waals surface area (Å²) in [5, 5.41) is -0.179. The van der Waals surface area contributed by atoms with Crippen LogP contribution in [0.3, 0.4) is 0 Å². The van der Waals surface area contributed by atoms with E-state index in [1.165, 1.54) is 17.0 Å². The molecular formula is C18H22F3N3O2S. The molecule has 0 N–H and O–H groups in total. The Morgan fingerprint density at radius 1 is 1.15 bits per heavy atom. The predicted molar refractivity (Wildman–Crippen MR) is 98.9 cm³/mol. The number of benzene rings is 1. The summed E-state index contributed by atoms with van der Waals surface area (Å²) in [7, 11) is 0. The second-order valence-corrected chi connectivity index (χ2v) is 7.74.